The fraction of sp³-hybridized carbons (Fsp3) is 0.111. The summed E-state index contributed by atoms with van der Waals surface area (Å²) in [5.74, 6) is -1.46. The number of aliphatic carboxylic acids is 1. The molecule has 0 aliphatic carbocycles. The molecule has 0 heterocycles. The van der Waals surface area contributed by atoms with Crippen LogP contribution in [0.3, 0.4) is 0 Å². The molecule has 0 aromatic heterocycles. The molecule has 0 unspecified atom stereocenters. The average molecular weight is 347 g/mol. The van der Waals surface area contributed by atoms with Gasteiger partial charge >= 0.3 is 5.97 Å². The standard InChI is InChI=1S/C18H16ClFN2O2/c1-21-17(18(23)24)12-22(16-8-4-14(19)5-9-16)11-10-13-2-6-15(20)7-3-13/h2-9,12H,1,10-11H2,(H,23,24)/b17-12-. The largest absolute Gasteiger partial charge is 0.476 e. The monoisotopic (exact) mass is 346 g/mol. The van der Waals surface area contributed by atoms with Crippen LogP contribution in [0.1, 0.15) is 5.56 Å². The summed E-state index contributed by atoms with van der Waals surface area (Å²) in [5.41, 5.74) is 1.54. The molecule has 2 aromatic rings. The zero-order valence-electron chi connectivity index (χ0n) is 12.8. The summed E-state index contributed by atoms with van der Waals surface area (Å²) in [6.45, 7) is 3.77. The number of nitrogens with zero attached hydrogens (tertiary/aromatic N) is 2. The minimum atomic E-state index is -1.16. The highest BCUT2D eigenvalue weighted by Gasteiger charge is 2.10. The van der Waals surface area contributed by atoms with E-state index in [1.54, 1.807) is 41.3 Å². The zero-order chi connectivity index (χ0) is 17.5. The van der Waals surface area contributed by atoms with Crippen molar-refractivity contribution in [2.24, 2.45) is 4.99 Å². The average Bonchev–Trinajstić information content (AvgIpc) is 2.57. The van der Waals surface area contributed by atoms with Gasteiger partial charge in [-0.15, -0.1) is 0 Å². The predicted octanol–water partition coefficient (Wildman–Crippen LogP) is 4.15. The van der Waals surface area contributed by atoms with Crippen molar-refractivity contribution in [3.05, 3.63) is 76.8 Å². The maximum absolute atomic E-state index is 13.0. The molecule has 24 heavy (non-hydrogen) atoms. The van der Waals surface area contributed by atoms with Crippen LogP contribution in [0.2, 0.25) is 5.02 Å². The fourth-order valence-electron chi connectivity index (χ4n) is 2.11. The van der Waals surface area contributed by atoms with Crippen molar-refractivity contribution >= 4 is 30.0 Å². The second kappa shape index (κ2) is 8.26. The van der Waals surface area contributed by atoms with Crippen molar-refractivity contribution in [3.8, 4) is 0 Å². The quantitative estimate of drug-likeness (QED) is 0.605. The van der Waals surface area contributed by atoms with Crippen molar-refractivity contribution < 1.29 is 14.3 Å². The van der Waals surface area contributed by atoms with Crippen molar-refractivity contribution in [2.45, 2.75) is 6.42 Å². The van der Waals surface area contributed by atoms with Gasteiger partial charge in [0.1, 0.15) is 5.82 Å². The molecule has 0 atom stereocenters. The number of anilines is 1. The van der Waals surface area contributed by atoms with Gasteiger partial charge in [-0.1, -0.05) is 23.7 Å². The van der Waals surface area contributed by atoms with E-state index in [1.807, 2.05) is 0 Å². The van der Waals surface area contributed by atoms with Crippen LogP contribution in [0.4, 0.5) is 10.1 Å². The topological polar surface area (TPSA) is 52.9 Å². The summed E-state index contributed by atoms with van der Waals surface area (Å²) in [4.78, 5) is 16.5. The molecule has 0 bridgehead atoms. The number of carbonyl (C=O) groups is 1. The van der Waals surface area contributed by atoms with Gasteiger partial charge in [-0.3, -0.25) is 4.99 Å². The van der Waals surface area contributed by atoms with E-state index in [-0.39, 0.29) is 11.5 Å². The van der Waals surface area contributed by atoms with E-state index in [2.05, 4.69) is 11.7 Å². The minimum Gasteiger partial charge on any atom is -0.476 e. The molecule has 0 saturated heterocycles. The third kappa shape index (κ3) is 4.93. The molecule has 2 rings (SSSR count). The third-order valence-corrected chi connectivity index (χ3v) is 3.63. The predicted molar refractivity (Wildman–Crippen MR) is 94.2 cm³/mol. The van der Waals surface area contributed by atoms with E-state index < -0.39 is 5.97 Å². The Morgan fingerprint density at radius 3 is 2.38 bits per heavy atom. The number of aliphatic imine (C=N–C) groups is 1. The molecule has 0 aliphatic heterocycles. The minimum absolute atomic E-state index is 0.163. The normalized spacial score (nSPS) is 11.2. The van der Waals surface area contributed by atoms with Crippen molar-refractivity contribution in [1.82, 2.24) is 0 Å². The first kappa shape index (κ1) is 17.7. The van der Waals surface area contributed by atoms with Gasteiger partial charge in [0.05, 0.1) is 0 Å². The van der Waals surface area contributed by atoms with Crippen LogP contribution in [-0.4, -0.2) is 24.3 Å². The summed E-state index contributed by atoms with van der Waals surface area (Å²) >= 11 is 5.90. The first-order valence-corrected chi connectivity index (χ1v) is 7.56. The van der Waals surface area contributed by atoms with Gasteiger partial charge in [0.15, 0.2) is 5.70 Å². The summed E-state index contributed by atoms with van der Waals surface area (Å²) in [6, 6.07) is 13.2. The number of benzene rings is 2. The van der Waals surface area contributed by atoms with E-state index in [9.17, 15) is 9.18 Å². The first-order valence-electron chi connectivity index (χ1n) is 7.18. The van der Waals surface area contributed by atoms with Crippen LogP contribution < -0.4 is 4.90 Å². The van der Waals surface area contributed by atoms with Crippen molar-refractivity contribution in [3.63, 3.8) is 0 Å². The highest BCUT2D eigenvalue weighted by molar-refractivity contribution is 6.30. The third-order valence-electron chi connectivity index (χ3n) is 3.38. The molecule has 0 fully saturated rings. The van der Waals surface area contributed by atoms with Crippen LogP contribution in [0.15, 0.2) is 65.4 Å². The molecule has 0 saturated carbocycles. The lowest BCUT2D eigenvalue weighted by Crippen LogP contribution is -2.21. The molecule has 1 N–H and O–H groups in total. The van der Waals surface area contributed by atoms with Gasteiger partial charge in [-0.25, -0.2) is 9.18 Å². The van der Waals surface area contributed by atoms with Crippen LogP contribution in [0.25, 0.3) is 0 Å². The van der Waals surface area contributed by atoms with E-state index in [1.165, 1.54) is 18.3 Å². The van der Waals surface area contributed by atoms with E-state index in [4.69, 9.17) is 16.7 Å². The van der Waals surface area contributed by atoms with Gasteiger partial charge in [0.2, 0.25) is 0 Å². The van der Waals surface area contributed by atoms with Gasteiger partial charge in [-0.2, -0.15) is 0 Å². The van der Waals surface area contributed by atoms with Crippen LogP contribution in [-0.2, 0) is 11.2 Å². The number of rotatable bonds is 7. The lowest BCUT2D eigenvalue weighted by molar-refractivity contribution is -0.132. The molecular formula is C18H16ClFN2O2. The maximum atomic E-state index is 13.0. The lowest BCUT2D eigenvalue weighted by Gasteiger charge is -2.21. The number of halogens is 2. The Bertz CT molecular complexity index is 743. The van der Waals surface area contributed by atoms with Crippen LogP contribution in [0.5, 0.6) is 0 Å². The van der Waals surface area contributed by atoms with E-state index in [0.717, 1.165) is 11.3 Å². The summed E-state index contributed by atoms with van der Waals surface area (Å²) in [5, 5.41) is 9.72. The summed E-state index contributed by atoms with van der Waals surface area (Å²) in [6.07, 6.45) is 2.02. The Balaban J connectivity index is 2.24. The molecular weight excluding hydrogens is 331 g/mol. The Hall–Kier alpha value is -2.66. The first-order chi connectivity index (χ1) is 11.5. The Labute approximate surface area is 144 Å². The van der Waals surface area contributed by atoms with Crippen molar-refractivity contribution in [1.29, 1.82) is 0 Å². The second-order valence-electron chi connectivity index (χ2n) is 5.02. The number of carboxylic acid groups (broad SMARTS) is 1. The second-order valence-corrected chi connectivity index (χ2v) is 5.46. The van der Waals surface area contributed by atoms with Gasteiger partial charge in [-0.05, 0) is 55.1 Å². The SMILES string of the molecule is C=N/C(=C\N(CCc1ccc(F)cc1)c1ccc(Cl)cc1)C(=O)O. The highest BCUT2D eigenvalue weighted by atomic mass is 35.5. The van der Waals surface area contributed by atoms with Crippen LogP contribution >= 0.6 is 11.6 Å². The summed E-state index contributed by atoms with van der Waals surface area (Å²) < 4.78 is 13.0. The number of hydrogen-bond donors (Lipinski definition) is 1. The Kier molecular flexibility index (Phi) is 6.09. The zero-order valence-corrected chi connectivity index (χ0v) is 13.6. The van der Waals surface area contributed by atoms with Gasteiger partial charge in [0, 0.05) is 23.5 Å². The van der Waals surface area contributed by atoms with Gasteiger partial charge in [0.25, 0.3) is 0 Å². The molecule has 6 heteroatoms. The van der Waals surface area contributed by atoms with E-state index in [0.29, 0.717) is 18.0 Å². The highest BCUT2D eigenvalue weighted by Crippen LogP contribution is 2.20. The van der Waals surface area contributed by atoms with Crippen LogP contribution in [0, 0.1) is 5.82 Å². The van der Waals surface area contributed by atoms with Gasteiger partial charge < -0.3 is 10.0 Å². The fourth-order valence-corrected chi connectivity index (χ4v) is 2.24. The molecule has 4 nitrogen and oxygen atoms in total. The molecule has 0 amide bonds. The Morgan fingerprint density at radius 2 is 1.83 bits per heavy atom. The molecule has 2 aromatic carbocycles. The Morgan fingerprint density at radius 1 is 1.21 bits per heavy atom. The molecule has 0 aliphatic rings. The molecule has 0 spiro atoms. The number of carboxylic acids is 1. The lowest BCUT2D eigenvalue weighted by atomic mass is 10.1. The van der Waals surface area contributed by atoms with Crippen molar-refractivity contribution in [2.75, 3.05) is 11.4 Å². The molecule has 0 radical (unpaired) electrons. The number of hydrogen-bond acceptors (Lipinski definition) is 3. The summed E-state index contributed by atoms with van der Waals surface area (Å²) in [7, 11) is 0. The molecule has 124 valence electrons. The maximum Gasteiger partial charge on any atom is 0.355 e. The smallest absolute Gasteiger partial charge is 0.355 e. The van der Waals surface area contributed by atoms with E-state index >= 15 is 0 Å².